The summed E-state index contributed by atoms with van der Waals surface area (Å²) in [4.78, 5) is 43.7. The molecule has 44 heavy (non-hydrogen) atoms. The van der Waals surface area contributed by atoms with E-state index in [2.05, 4.69) is 5.53 Å². The lowest BCUT2D eigenvalue weighted by atomic mass is 9.66. The van der Waals surface area contributed by atoms with Crippen LogP contribution in [0.4, 0.5) is 13.2 Å². The van der Waals surface area contributed by atoms with E-state index in [4.69, 9.17) is 16.3 Å². The summed E-state index contributed by atoms with van der Waals surface area (Å²) in [6, 6.07) is 2.87. The van der Waals surface area contributed by atoms with Gasteiger partial charge in [0.05, 0.1) is 22.9 Å². The van der Waals surface area contributed by atoms with Crippen LogP contribution in [0.2, 0.25) is 5.02 Å². The van der Waals surface area contributed by atoms with Gasteiger partial charge in [0.2, 0.25) is 17.5 Å². The van der Waals surface area contributed by atoms with E-state index >= 15 is 0 Å². The second-order valence-corrected chi connectivity index (χ2v) is 13.6. The maximum absolute atomic E-state index is 14.5. The number of hydrazine groups is 1. The Morgan fingerprint density at radius 1 is 1.27 bits per heavy atom. The summed E-state index contributed by atoms with van der Waals surface area (Å²) in [5.74, 6) is -1.63. The molecule has 0 radical (unpaired) electrons. The molecule has 4 N–H and O–H groups in total. The molecule has 0 aromatic heterocycles. The van der Waals surface area contributed by atoms with Crippen LogP contribution in [0.1, 0.15) is 63.5 Å². The fourth-order valence-electron chi connectivity index (χ4n) is 8.02. The van der Waals surface area contributed by atoms with Crippen molar-refractivity contribution >= 4 is 29.4 Å². The predicted octanol–water partition coefficient (Wildman–Crippen LogP) is 2.92. The molecule has 1 spiro atoms. The molecular weight excluding hydrogens is 603 g/mol. The van der Waals surface area contributed by atoms with Crippen LogP contribution >= 0.6 is 11.6 Å². The number of carboxylic acid groups (broad SMARTS) is 1. The van der Waals surface area contributed by atoms with Gasteiger partial charge in [-0.25, -0.2) is 5.43 Å². The number of rotatable bonds is 6. The van der Waals surface area contributed by atoms with Gasteiger partial charge in [-0.3, -0.25) is 19.4 Å². The number of hydrogen-bond donors (Lipinski definition) is 3. The highest BCUT2D eigenvalue weighted by molar-refractivity contribution is 6.31. The normalized spacial score (nSPS) is 32.0. The number of carbonyl (C=O) groups excluding carboxylic acids is 2. The van der Waals surface area contributed by atoms with Crippen molar-refractivity contribution in [2.75, 3.05) is 26.7 Å². The standard InChI is InChI=1S/C30H37ClF3N5O5/c1-16-12-23(40)38(14-16)22-13-29(22)24-17(9-11-39(29)26(41)18-6-4-5-10-28(18,2)27(42)43)19(31)7-8-21(24)44-15-20-25(30(32,33)34)37(3)36-35-20/h7-8,16,18,22,35-36H,4-6,9-15H2,1-3H3,(H,42,43)/p+1/t16-,18-,22?,28+,29?/m1/s1. The van der Waals surface area contributed by atoms with Crippen LogP contribution in [0.25, 0.3) is 0 Å². The molecule has 2 saturated carbocycles. The van der Waals surface area contributed by atoms with Crippen LogP contribution in [-0.4, -0.2) is 76.7 Å². The lowest BCUT2D eigenvalue weighted by molar-refractivity contribution is -0.677. The topological polar surface area (TPSA) is 119 Å². The molecule has 0 bridgehead atoms. The summed E-state index contributed by atoms with van der Waals surface area (Å²) in [7, 11) is 1.27. The van der Waals surface area contributed by atoms with Gasteiger partial charge in [-0.05, 0) is 49.8 Å². The van der Waals surface area contributed by atoms with Gasteiger partial charge >= 0.3 is 12.1 Å². The van der Waals surface area contributed by atoms with Crippen LogP contribution in [-0.2, 0) is 26.3 Å². The average molecular weight is 641 g/mol. The summed E-state index contributed by atoms with van der Waals surface area (Å²) in [6.07, 6.45) is -1.18. The second-order valence-electron chi connectivity index (χ2n) is 13.2. The van der Waals surface area contributed by atoms with E-state index in [1.165, 1.54) is 12.5 Å². The van der Waals surface area contributed by atoms with Gasteiger partial charge in [-0.1, -0.05) is 36.9 Å². The van der Waals surface area contributed by atoms with Crippen LogP contribution in [0, 0.1) is 17.3 Å². The minimum atomic E-state index is -4.61. The number of carbonyl (C=O) groups is 3. The first-order valence-corrected chi connectivity index (χ1v) is 15.5. The number of carboxylic acids is 1. The van der Waals surface area contributed by atoms with Crippen molar-refractivity contribution in [2.45, 2.75) is 76.6 Å². The SMILES string of the molecule is C[C@@H]1CC(=O)N(C2CC23c2c(OCC4=C(C(F)(F)F)N(C)N[NH2+]4)ccc(Cl)c2CCN3C(=O)[C@H]2CCCC[C@]2(C)C(=O)O)C1. The van der Waals surface area contributed by atoms with E-state index in [0.717, 1.165) is 17.0 Å². The van der Waals surface area contributed by atoms with Crippen molar-refractivity contribution in [3.8, 4) is 5.75 Å². The van der Waals surface area contributed by atoms with Crippen LogP contribution < -0.4 is 15.7 Å². The molecule has 2 aliphatic carbocycles. The minimum Gasteiger partial charge on any atom is -0.483 e. The molecule has 10 nitrogen and oxygen atoms in total. The largest absolute Gasteiger partial charge is 0.483 e. The molecule has 3 heterocycles. The van der Waals surface area contributed by atoms with E-state index < -0.39 is 41.3 Å². The number of allylic oxidation sites excluding steroid dienone is 1. The zero-order chi connectivity index (χ0) is 31.8. The highest BCUT2D eigenvalue weighted by Gasteiger charge is 2.68. The number of amides is 2. The first-order chi connectivity index (χ1) is 20.7. The zero-order valence-corrected chi connectivity index (χ0v) is 25.7. The fourth-order valence-corrected chi connectivity index (χ4v) is 8.27. The Hall–Kier alpha value is -3.03. The van der Waals surface area contributed by atoms with Crippen LogP contribution in [0.15, 0.2) is 23.5 Å². The molecule has 2 amide bonds. The van der Waals surface area contributed by atoms with E-state index in [9.17, 15) is 32.7 Å². The van der Waals surface area contributed by atoms with Crippen molar-refractivity contribution in [3.63, 3.8) is 0 Å². The lowest BCUT2D eigenvalue weighted by Crippen LogP contribution is -2.91. The number of aliphatic carboxylic acids is 1. The van der Waals surface area contributed by atoms with Crippen molar-refractivity contribution < 1.29 is 42.8 Å². The molecule has 1 aromatic rings. The van der Waals surface area contributed by atoms with Crippen molar-refractivity contribution in [1.29, 1.82) is 0 Å². The number of nitrogens with one attached hydrogen (secondary N) is 1. The first kappa shape index (κ1) is 31.0. The lowest BCUT2D eigenvalue weighted by Gasteiger charge is -2.46. The predicted molar refractivity (Wildman–Crippen MR) is 152 cm³/mol. The van der Waals surface area contributed by atoms with Gasteiger partial charge in [0.25, 0.3) is 0 Å². The van der Waals surface area contributed by atoms with Gasteiger partial charge < -0.3 is 19.6 Å². The van der Waals surface area contributed by atoms with E-state index in [-0.39, 0.29) is 36.0 Å². The third-order valence-corrected chi connectivity index (χ3v) is 10.7. The summed E-state index contributed by atoms with van der Waals surface area (Å²) in [5.41, 5.74) is 1.93. The zero-order valence-electron chi connectivity index (χ0n) is 25.0. The monoisotopic (exact) mass is 640 g/mol. The Morgan fingerprint density at radius 2 is 2.02 bits per heavy atom. The average Bonchev–Trinajstić information content (AvgIpc) is 3.36. The smallest absolute Gasteiger partial charge is 0.438 e. The number of ether oxygens (including phenoxy) is 1. The number of benzene rings is 1. The fraction of sp³-hybridized carbons (Fsp3) is 0.633. The molecule has 6 rings (SSSR count). The number of halogens is 4. The molecule has 1 aromatic carbocycles. The van der Waals surface area contributed by atoms with Gasteiger partial charge in [0.15, 0.2) is 12.3 Å². The maximum Gasteiger partial charge on any atom is 0.438 e. The molecule has 3 fully saturated rings. The third-order valence-electron chi connectivity index (χ3n) is 10.3. The van der Waals surface area contributed by atoms with Crippen LogP contribution in [0.3, 0.4) is 0 Å². The Kier molecular flexibility index (Phi) is 7.60. The molecule has 2 unspecified atom stereocenters. The quantitative estimate of drug-likeness (QED) is 0.409. The number of hydrogen-bond acceptors (Lipinski definition) is 6. The molecule has 240 valence electrons. The number of quaternary nitrogens is 1. The summed E-state index contributed by atoms with van der Waals surface area (Å²) >= 11 is 6.72. The summed E-state index contributed by atoms with van der Waals surface area (Å²) < 4.78 is 47.6. The van der Waals surface area contributed by atoms with Crippen molar-refractivity contribution in [2.24, 2.45) is 17.3 Å². The van der Waals surface area contributed by atoms with E-state index in [1.54, 1.807) is 28.9 Å². The summed E-state index contributed by atoms with van der Waals surface area (Å²) in [6.45, 7) is 4.03. The first-order valence-electron chi connectivity index (χ1n) is 15.1. The molecular formula is C30H38ClF3N5O5+. The van der Waals surface area contributed by atoms with Gasteiger partial charge in [-0.15, -0.1) is 0 Å². The second kappa shape index (κ2) is 10.8. The molecule has 14 heteroatoms. The highest BCUT2D eigenvalue weighted by Crippen LogP contribution is 2.62. The Balaban J connectivity index is 1.43. The van der Waals surface area contributed by atoms with E-state index in [1.807, 2.05) is 6.92 Å². The van der Waals surface area contributed by atoms with Gasteiger partial charge in [0, 0.05) is 43.6 Å². The number of nitrogens with two attached hydrogens (primary N) is 1. The molecule has 3 aliphatic heterocycles. The Morgan fingerprint density at radius 3 is 2.68 bits per heavy atom. The van der Waals surface area contributed by atoms with Gasteiger partial charge in [0.1, 0.15) is 5.75 Å². The number of nitrogens with zero attached hydrogens (tertiary/aromatic N) is 3. The van der Waals surface area contributed by atoms with Crippen LogP contribution in [0.5, 0.6) is 5.75 Å². The highest BCUT2D eigenvalue weighted by atomic mass is 35.5. The Bertz CT molecular complexity index is 1440. The Labute approximate surface area is 258 Å². The minimum absolute atomic E-state index is 0.0222. The number of alkyl halides is 3. The van der Waals surface area contributed by atoms with E-state index in [0.29, 0.717) is 61.4 Å². The summed E-state index contributed by atoms with van der Waals surface area (Å²) in [5, 5.41) is 11.5. The van der Waals surface area contributed by atoms with Crippen molar-refractivity contribution in [1.82, 2.24) is 20.3 Å². The molecule has 5 aliphatic rings. The number of likely N-dealkylation sites (tertiary alicyclic amines) is 1. The number of fused-ring (bicyclic) bond motifs is 2. The maximum atomic E-state index is 14.5. The van der Waals surface area contributed by atoms with Crippen molar-refractivity contribution in [3.05, 3.63) is 39.7 Å². The third kappa shape index (κ3) is 4.82. The van der Waals surface area contributed by atoms with Gasteiger partial charge in [-0.2, -0.15) is 13.2 Å². The molecule has 5 atom stereocenters. The molecule has 1 saturated heterocycles.